The lowest BCUT2D eigenvalue weighted by Crippen LogP contribution is -2.16. The molecular weight excluding hydrogens is 240 g/mol. The van der Waals surface area contributed by atoms with E-state index in [-0.39, 0.29) is 6.04 Å². The van der Waals surface area contributed by atoms with Crippen LogP contribution in [0, 0.1) is 12.8 Å². The van der Waals surface area contributed by atoms with E-state index < -0.39 is 0 Å². The molecule has 0 spiro atoms. The molecule has 1 N–H and O–H groups in total. The largest absolute Gasteiger partial charge is 0.346 e. The molecule has 2 aromatic rings. The van der Waals surface area contributed by atoms with E-state index in [0.29, 0.717) is 5.92 Å². The molecule has 0 radical (unpaired) electrons. The standard InChI is InChI=1S/C13H22N6/c1-9(2)6-19-7-10(3)15-13(19)16-11(4)12-17-14-8-18(12)5/h7-9,11H,6H2,1-5H3,(H,15,16). The monoisotopic (exact) mass is 262 g/mol. The molecule has 0 aliphatic heterocycles. The molecule has 1 unspecified atom stereocenters. The minimum Gasteiger partial charge on any atom is -0.346 e. The topological polar surface area (TPSA) is 60.6 Å². The Balaban J connectivity index is 2.16. The van der Waals surface area contributed by atoms with E-state index in [1.807, 2.05) is 18.5 Å². The van der Waals surface area contributed by atoms with Gasteiger partial charge in [-0.15, -0.1) is 10.2 Å². The van der Waals surface area contributed by atoms with Crippen molar-refractivity contribution in [1.82, 2.24) is 24.3 Å². The fourth-order valence-corrected chi connectivity index (χ4v) is 2.14. The summed E-state index contributed by atoms with van der Waals surface area (Å²) in [6.07, 6.45) is 3.78. The van der Waals surface area contributed by atoms with Gasteiger partial charge in [0.25, 0.3) is 0 Å². The molecule has 0 aliphatic carbocycles. The van der Waals surface area contributed by atoms with Crippen molar-refractivity contribution in [2.75, 3.05) is 5.32 Å². The Hall–Kier alpha value is -1.85. The van der Waals surface area contributed by atoms with E-state index in [1.165, 1.54) is 0 Å². The van der Waals surface area contributed by atoms with Gasteiger partial charge in [-0.25, -0.2) is 4.98 Å². The van der Waals surface area contributed by atoms with Crippen molar-refractivity contribution in [3.63, 3.8) is 0 Å². The second-order valence-corrected chi connectivity index (χ2v) is 5.42. The van der Waals surface area contributed by atoms with E-state index in [9.17, 15) is 0 Å². The molecule has 0 saturated carbocycles. The fraction of sp³-hybridized carbons (Fsp3) is 0.615. The first-order valence-corrected chi connectivity index (χ1v) is 6.61. The quantitative estimate of drug-likeness (QED) is 0.897. The third kappa shape index (κ3) is 3.13. The molecule has 0 saturated heterocycles. The molecule has 6 nitrogen and oxygen atoms in total. The number of aryl methyl sites for hydroxylation is 2. The van der Waals surface area contributed by atoms with Crippen LogP contribution in [0.25, 0.3) is 0 Å². The van der Waals surface area contributed by atoms with E-state index in [2.05, 4.69) is 52.0 Å². The van der Waals surface area contributed by atoms with Gasteiger partial charge in [-0.2, -0.15) is 0 Å². The Bertz CT molecular complexity index is 539. The van der Waals surface area contributed by atoms with Crippen LogP contribution in [0.2, 0.25) is 0 Å². The maximum absolute atomic E-state index is 4.54. The van der Waals surface area contributed by atoms with Gasteiger partial charge < -0.3 is 14.5 Å². The maximum atomic E-state index is 4.54. The van der Waals surface area contributed by atoms with Crippen molar-refractivity contribution in [1.29, 1.82) is 0 Å². The van der Waals surface area contributed by atoms with E-state index in [4.69, 9.17) is 0 Å². The lowest BCUT2D eigenvalue weighted by Gasteiger charge is -2.16. The van der Waals surface area contributed by atoms with Crippen LogP contribution in [0.3, 0.4) is 0 Å². The van der Waals surface area contributed by atoms with Crippen molar-refractivity contribution in [2.45, 2.75) is 40.3 Å². The highest BCUT2D eigenvalue weighted by molar-refractivity contribution is 5.31. The summed E-state index contributed by atoms with van der Waals surface area (Å²) in [5.74, 6) is 2.37. The molecule has 1 atom stereocenters. The van der Waals surface area contributed by atoms with Gasteiger partial charge in [0, 0.05) is 19.8 Å². The maximum Gasteiger partial charge on any atom is 0.203 e. The Morgan fingerprint density at radius 3 is 2.63 bits per heavy atom. The molecule has 2 aromatic heterocycles. The van der Waals surface area contributed by atoms with Crippen molar-refractivity contribution >= 4 is 5.95 Å². The summed E-state index contributed by atoms with van der Waals surface area (Å²) < 4.78 is 4.08. The average Bonchev–Trinajstić information content (AvgIpc) is 2.85. The van der Waals surface area contributed by atoms with Gasteiger partial charge in [0.1, 0.15) is 6.33 Å². The zero-order chi connectivity index (χ0) is 14.0. The summed E-state index contributed by atoms with van der Waals surface area (Å²) >= 11 is 0. The number of hydrogen-bond donors (Lipinski definition) is 1. The fourth-order valence-electron chi connectivity index (χ4n) is 2.14. The van der Waals surface area contributed by atoms with Crippen LogP contribution in [0.4, 0.5) is 5.95 Å². The molecular formula is C13H22N6. The predicted molar refractivity (Wildman–Crippen MR) is 74.8 cm³/mol. The Morgan fingerprint density at radius 2 is 2.05 bits per heavy atom. The Labute approximate surface area is 113 Å². The number of hydrogen-bond acceptors (Lipinski definition) is 4. The van der Waals surface area contributed by atoms with E-state index in [1.54, 1.807) is 6.33 Å². The molecule has 0 aliphatic rings. The molecule has 0 fully saturated rings. The van der Waals surface area contributed by atoms with Crippen LogP contribution in [0.1, 0.15) is 38.3 Å². The van der Waals surface area contributed by atoms with Gasteiger partial charge in [0.05, 0.1) is 11.7 Å². The van der Waals surface area contributed by atoms with Crippen molar-refractivity contribution < 1.29 is 0 Å². The molecule has 0 amide bonds. The minimum atomic E-state index is 0.0696. The highest BCUT2D eigenvalue weighted by Gasteiger charge is 2.15. The van der Waals surface area contributed by atoms with Crippen LogP contribution in [0.5, 0.6) is 0 Å². The number of rotatable bonds is 5. The molecule has 6 heteroatoms. The number of anilines is 1. The van der Waals surface area contributed by atoms with E-state index >= 15 is 0 Å². The Morgan fingerprint density at radius 1 is 1.32 bits per heavy atom. The summed E-state index contributed by atoms with van der Waals surface area (Å²) in [5.41, 5.74) is 1.02. The van der Waals surface area contributed by atoms with Gasteiger partial charge in [0.2, 0.25) is 5.95 Å². The van der Waals surface area contributed by atoms with Gasteiger partial charge in [-0.05, 0) is 19.8 Å². The highest BCUT2D eigenvalue weighted by atomic mass is 15.3. The number of aromatic nitrogens is 5. The average molecular weight is 262 g/mol. The SMILES string of the molecule is Cc1cn(CC(C)C)c(NC(C)c2nncn2C)n1. The highest BCUT2D eigenvalue weighted by Crippen LogP contribution is 2.18. The summed E-state index contributed by atoms with van der Waals surface area (Å²) in [4.78, 5) is 4.54. The van der Waals surface area contributed by atoms with Crippen LogP contribution < -0.4 is 5.32 Å². The van der Waals surface area contributed by atoms with Gasteiger partial charge in [-0.3, -0.25) is 0 Å². The Kier molecular flexibility index (Phi) is 3.87. The number of imidazole rings is 1. The molecule has 0 aromatic carbocycles. The lowest BCUT2D eigenvalue weighted by molar-refractivity contribution is 0.523. The first-order chi connectivity index (χ1) is 8.97. The second kappa shape index (κ2) is 5.42. The molecule has 104 valence electrons. The number of nitrogens with one attached hydrogen (secondary N) is 1. The van der Waals surface area contributed by atoms with Crippen LogP contribution in [-0.2, 0) is 13.6 Å². The second-order valence-electron chi connectivity index (χ2n) is 5.42. The first-order valence-electron chi connectivity index (χ1n) is 6.61. The third-order valence-corrected chi connectivity index (χ3v) is 2.94. The van der Waals surface area contributed by atoms with Crippen LogP contribution in [0.15, 0.2) is 12.5 Å². The zero-order valence-electron chi connectivity index (χ0n) is 12.3. The van der Waals surface area contributed by atoms with Gasteiger partial charge >= 0.3 is 0 Å². The van der Waals surface area contributed by atoms with E-state index in [0.717, 1.165) is 24.0 Å². The van der Waals surface area contributed by atoms with Crippen molar-refractivity contribution in [3.05, 3.63) is 24.0 Å². The summed E-state index contributed by atoms with van der Waals surface area (Å²) in [6, 6.07) is 0.0696. The van der Waals surface area contributed by atoms with Gasteiger partial charge in [-0.1, -0.05) is 13.8 Å². The number of nitrogens with zero attached hydrogens (tertiary/aromatic N) is 5. The smallest absolute Gasteiger partial charge is 0.203 e. The molecule has 19 heavy (non-hydrogen) atoms. The first kappa shape index (κ1) is 13.6. The molecule has 2 rings (SSSR count). The summed E-state index contributed by atoms with van der Waals surface area (Å²) in [6.45, 7) is 9.42. The van der Waals surface area contributed by atoms with Gasteiger partial charge in [0.15, 0.2) is 5.82 Å². The normalized spacial score (nSPS) is 12.9. The predicted octanol–water partition coefficient (Wildman–Crippen LogP) is 2.15. The summed E-state index contributed by atoms with van der Waals surface area (Å²) in [5, 5.41) is 11.4. The van der Waals surface area contributed by atoms with Crippen molar-refractivity contribution in [2.24, 2.45) is 13.0 Å². The molecule has 2 heterocycles. The third-order valence-electron chi connectivity index (χ3n) is 2.94. The van der Waals surface area contributed by atoms with Crippen molar-refractivity contribution in [3.8, 4) is 0 Å². The zero-order valence-corrected chi connectivity index (χ0v) is 12.3. The molecule has 0 bridgehead atoms. The van der Waals surface area contributed by atoms with Crippen LogP contribution in [-0.4, -0.2) is 24.3 Å². The summed E-state index contributed by atoms with van der Waals surface area (Å²) in [7, 11) is 1.94. The lowest BCUT2D eigenvalue weighted by atomic mass is 10.2. The minimum absolute atomic E-state index is 0.0696. The van der Waals surface area contributed by atoms with Crippen LogP contribution >= 0.6 is 0 Å².